The number of carboxylic acid groups (broad SMARTS) is 2. The maximum atomic E-state index is 14.2. The van der Waals surface area contributed by atoms with Gasteiger partial charge in [-0.3, -0.25) is 18.9 Å². The molecule has 0 aliphatic rings. The zero-order chi connectivity index (χ0) is 36.5. The first-order chi connectivity index (χ1) is 22.5. The molecule has 3 atom stereocenters. The molecule has 15 nitrogen and oxygen atoms in total. The van der Waals surface area contributed by atoms with Gasteiger partial charge in [0.25, 0.3) is 0 Å². The Kier molecular flexibility index (Phi) is 19.8. The van der Waals surface area contributed by atoms with Crippen LogP contribution in [0.2, 0.25) is 0 Å². The molecule has 0 fully saturated rings. The van der Waals surface area contributed by atoms with Gasteiger partial charge in [-0.2, -0.15) is 0 Å². The van der Waals surface area contributed by atoms with Crippen molar-refractivity contribution in [3.05, 3.63) is 35.9 Å². The van der Waals surface area contributed by atoms with Crippen LogP contribution in [-0.2, 0) is 43.6 Å². The lowest BCUT2D eigenvalue weighted by atomic mass is 9.91. The van der Waals surface area contributed by atoms with Gasteiger partial charge in [-0.15, -0.1) is 46.4 Å². The fourth-order valence-electron chi connectivity index (χ4n) is 4.30. The van der Waals surface area contributed by atoms with Crippen LogP contribution in [0.1, 0.15) is 25.3 Å². The Bertz CT molecular complexity index is 1340. The molecule has 0 bridgehead atoms. The number of nitrogens with two attached hydrogens (primary N) is 1. The summed E-state index contributed by atoms with van der Waals surface area (Å²) in [6.07, 6.45) is -0.809. The smallest absolute Gasteiger partial charge is 0.346 e. The Morgan fingerprint density at radius 3 is 1.90 bits per heavy atom. The molecule has 0 spiro atoms. The van der Waals surface area contributed by atoms with E-state index < -0.39 is 83.4 Å². The number of nitrogens with zero attached hydrogens (tertiary/aromatic N) is 2. The van der Waals surface area contributed by atoms with Crippen molar-refractivity contribution in [1.29, 1.82) is 0 Å². The Morgan fingerprint density at radius 1 is 0.958 bits per heavy atom. The van der Waals surface area contributed by atoms with Crippen LogP contribution in [0.3, 0.4) is 0 Å². The number of aliphatic carboxylic acids is 2. The summed E-state index contributed by atoms with van der Waals surface area (Å²) in [5.41, 5.74) is 3.58. The standard InChI is InChI=1S/C27H42Cl4N5O10PS/c1-27(26(41)42,20-5-3-2-4-6-20)34-24(38)22(33-23(37)8-7-21(32)25(39)40)19-48(44,45)18-17-46-47(43,35(13-9-28)14-10-29)36(15-11-30)16-12-31/h2-6,21-22H,7-19,32H2,1H3,(H,33,37)(H,34,38)(H,39,40)(H,41,42)/t21?,22-,27-/m0/s1. The second-order valence-corrected chi connectivity index (χ2v) is 16.6. The summed E-state index contributed by atoms with van der Waals surface area (Å²) >= 11 is 23.7. The largest absolute Gasteiger partial charge is 0.480 e. The van der Waals surface area contributed by atoms with E-state index in [2.05, 4.69) is 10.6 Å². The molecule has 1 aromatic carbocycles. The van der Waals surface area contributed by atoms with Crippen molar-refractivity contribution in [1.82, 2.24) is 20.0 Å². The van der Waals surface area contributed by atoms with Crippen LogP contribution in [0.15, 0.2) is 30.3 Å². The first kappa shape index (κ1) is 44.3. The summed E-state index contributed by atoms with van der Waals surface area (Å²) in [6, 6.07) is 4.36. The molecule has 21 heteroatoms. The lowest BCUT2D eigenvalue weighted by Gasteiger charge is -2.37. The Labute approximate surface area is 300 Å². The van der Waals surface area contributed by atoms with Gasteiger partial charge in [0.1, 0.15) is 12.1 Å². The van der Waals surface area contributed by atoms with Gasteiger partial charge in [0.05, 0.1) is 18.1 Å². The number of rotatable bonds is 25. The van der Waals surface area contributed by atoms with Gasteiger partial charge in [0, 0.05) is 56.1 Å². The van der Waals surface area contributed by atoms with Crippen molar-refractivity contribution in [2.24, 2.45) is 5.73 Å². The Morgan fingerprint density at radius 2 is 1.46 bits per heavy atom. The van der Waals surface area contributed by atoms with E-state index in [1.807, 2.05) is 0 Å². The van der Waals surface area contributed by atoms with Crippen LogP contribution in [0, 0.1) is 0 Å². The molecule has 0 heterocycles. The first-order valence-corrected chi connectivity index (χ1v) is 20.1. The number of hydrogen-bond acceptors (Lipinski definition) is 9. The lowest BCUT2D eigenvalue weighted by molar-refractivity contribution is -0.147. The van der Waals surface area contributed by atoms with E-state index in [9.17, 15) is 37.3 Å². The number of carbonyl (C=O) groups excluding carboxylic acids is 2. The van der Waals surface area contributed by atoms with E-state index in [0.717, 1.165) is 0 Å². The van der Waals surface area contributed by atoms with E-state index in [1.54, 1.807) is 18.2 Å². The van der Waals surface area contributed by atoms with Gasteiger partial charge in [-0.25, -0.2) is 22.6 Å². The van der Waals surface area contributed by atoms with Gasteiger partial charge >= 0.3 is 19.6 Å². The molecular formula is C27H42Cl4N5O10PS. The fraction of sp³-hybridized carbons (Fsp3) is 0.630. The lowest BCUT2D eigenvalue weighted by Crippen LogP contribution is -2.58. The SMILES string of the molecule is C[C@@](NC(=O)[C@H](CS(=O)(=O)CCOP(=O)(N(CCCl)CCCl)N(CCCl)CCCl)NC(=O)CCC(N)C(=O)O)(C(=O)O)c1ccccc1. The minimum atomic E-state index is -4.31. The van der Waals surface area contributed by atoms with Crippen molar-refractivity contribution in [2.75, 3.05) is 67.8 Å². The van der Waals surface area contributed by atoms with Crippen molar-refractivity contribution in [3.63, 3.8) is 0 Å². The fourth-order valence-corrected chi connectivity index (χ4v) is 9.38. The molecule has 0 aliphatic heterocycles. The van der Waals surface area contributed by atoms with E-state index >= 15 is 0 Å². The predicted octanol–water partition coefficient (Wildman–Crippen LogP) is 1.88. The van der Waals surface area contributed by atoms with Crippen LogP contribution < -0.4 is 16.4 Å². The third-order valence-corrected chi connectivity index (χ3v) is 12.0. The van der Waals surface area contributed by atoms with Gasteiger partial charge in [-0.1, -0.05) is 30.3 Å². The van der Waals surface area contributed by atoms with Crippen LogP contribution in [-0.4, -0.2) is 132 Å². The maximum Gasteiger partial charge on any atom is 0.346 e. The maximum absolute atomic E-state index is 14.2. The van der Waals surface area contributed by atoms with Gasteiger partial charge in [0.15, 0.2) is 15.4 Å². The molecule has 1 aromatic rings. The summed E-state index contributed by atoms with van der Waals surface area (Å²) in [7, 11) is -8.29. The molecule has 1 unspecified atom stereocenters. The number of carbonyl (C=O) groups is 4. The zero-order valence-corrected chi connectivity index (χ0v) is 31.0. The summed E-state index contributed by atoms with van der Waals surface area (Å²) in [6.45, 7) is 0.847. The molecule has 0 aromatic heterocycles. The summed E-state index contributed by atoms with van der Waals surface area (Å²) in [4.78, 5) is 49.6. The highest BCUT2D eigenvalue weighted by Gasteiger charge is 2.41. The summed E-state index contributed by atoms with van der Waals surface area (Å²) in [5, 5.41) is 23.6. The number of carboxylic acids is 2. The molecule has 274 valence electrons. The van der Waals surface area contributed by atoms with E-state index in [-0.39, 0.29) is 61.7 Å². The predicted molar refractivity (Wildman–Crippen MR) is 185 cm³/mol. The van der Waals surface area contributed by atoms with Crippen LogP contribution in [0.25, 0.3) is 0 Å². The minimum Gasteiger partial charge on any atom is -0.480 e. The van der Waals surface area contributed by atoms with Gasteiger partial charge < -0.3 is 31.1 Å². The quantitative estimate of drug-likeness (QED) is 0.0705. The number of amides is 2. The molecule has 0 saturated heterocycles. The highest BCUT2D eigenvalue weighted by molar-refractivity contribution is 7.91. The third-order valence-electron chi connectivity index (χ3n) is 6.96. The average molecular weight is 802 g/mol. The highest BCUT2D eigenvalue weighted by atomic mass is 35.5. The molecule has 2 amide bonds. The number of alkyl halides is 4. The van der Waals surface area contributed by atoms with Crippen molar-refractivity contribution >= 4 is 87.7 Å². The average Bonchev–Trinajstić information content (AvgIpc) is 3.02. The zero-order valence-electron chi connectivity index (χ0n) is 26.2. The number of halogens is 4. The second kappa shape index (κ2) is 21.5. The Hall–Kier alpha value is -1.72. The number of sulfone groups is 1. The molecule has 1 rings (SSSR count). The van der Waals surface area contributed by atoms with Gasteiger partial charge in [-0.05, 0) is 18.9 Å². The first-order valence-electron chi connectivity index (χ1n) is 14.6. The monoisotopic (exact) mass is 799 g/mol. The van der Waals surface area contributed by atoms with Crippen LogP contribution >= 0.6 is 54.1 Å². The topological polar surface area (TPSA) is 226 Å². The summed E-state index contributed by atoms with van der Waals surface area (Å²) in [5.74, 6) is -6.51. The van der Waals surface area contributed by atoms with Gasteiger partial charge in [0.2, 0.25) is 11.8 Å². The number of hydrogen-bond donors (Lipinski definition) is 5. The van der Waals surface area contributed by atoms with Crippen LogP contribution in [0.5, 0.6) is 0 Å². The molecular weight excluding hydrogens is 759 g/mol. The number of benzene rings is 1. The third kappa shape index (κ3) is 13.9. The highest BCUT2D eigenvalue weighted by Crippen LogP contribution is 2.54. The molecule has 0 aliphatic carbocycles. The molecule has 48 heavy (non-hydrogen) atoms. The van der Waals surface area contributed by atoms with Crippen molar-refractivity contribution in [2.45, 2.75) is 37.4 Å². The summed E-state index contributed by atoms with van der Waals surface area (Å²) < 4.78 is 49.4. The number of nitrogens with one attached hydrogen (secondary N) is 2. The van der Waals surface area contributed by atoms with Crippen LogP contribution in [0.4, 0.5) is 0 Å². The minimum absolute atomic E-state index is 0.0459. The van der Waals surface area contributed by atoms with E-state index in [0.29, 0.717) is 0 Å². The molecule has 0 radical (unpaired) electrons. The van der Waals surface area contributed by atoms with Crippen molar-refractivity contribution in [3.8, 4) is 0 Å². The molecule has 6 N–H and O–H groups in total. The second-order valence-electron chi connectivity index (χ2n) is 10.5. The van der Waals surface area contributed by atoms with E-state index in [1.165, 1.54) is 28.4 Å². The normalized spacial score (nSPS) is 14.7. The molecule has 0 saturated carbocycles. The van der Waals surface area contributed by atoms with E-state index in [4.69, 9.17) is 61.8 Å². The Balaban J connectivity index is 3.33. The van der Waals surface area contributed by atoms with Crippen molar-refractivity contribution < 1.29 is 46.9 Å².